The van der Waals surface area contributed by atoms with E-state index in [4.69, 9.17) is 0 Å². The van der Waals surface area contributed by atoms with Crippen molar-refractivity contribution in [1.29, 1.82) is 0 Å². The number of hydrogen-bond acceptors (Lipinski definition) is 3. The molecular formula is C16H17CaNO3S. The van der Waals surface area contributed by atoms with Crippen LogP contribution in [0.3, 0.4) is 0 Å². The van der Waals surface area contributed by atoms with Crippen molar-refractivity contribution in [2.45, 2.75) is 23.8 Å². The van der Waals surface area contributed by atoms with Crippen LogP contribution in [0.4, 0.5) is 0 Å². The standard InChI is InChI=1S/C16H15NO3S.Ca.2H/c1-21-13-9-12-11(16(19)20)7-8-17(12)14(13)15(18)10-5-3-2-4-6-10;;;/h2-6,9,11H,7-8H2,1H3,(H,19,20);;;. The Bertz CT molecular complexity index is 712. The summed E-state index contributed by atoms with van der Waals surface area (Å²) in [5, 5.41) is 9.28. The number of nitrogens with zero attached hydrogens (tertiary/aromatic N) is 1. The molecule has 1 atom stereocenters. The maximum absolute atomic E-state index is 12.7. The number of fused-ring (bicyclic) bond motifs is 1. The molecule has 0 aliphatic carbocycles. The van der Waals surface area contributed by atoms with Crippen LogP contribution < -0.4 is 0 Å². The molecule has 3 rings (SSSR count). The zero-order valence-electron chi connectivity index (χ0n) is 11.6. The van der Waals surface area contributed by atoms with Gasteiger partial charge in [0.15, 0.2) is 0 Å². The minimum atomic E-state index is -0.822. The molecule has 22 heavy (non-hydrogen) atoms. The molecule has 0 fully saturated rings. The SMILES string of the molecule is CSc1cc2n(c1C(=O)c1ccccc1)CCC2C(=O)O.[CaH2]. The van der Waals surface area contributed by atoms with Crippen molar-refractivity contribution in [2.24, 2.45) is 0 Å². The maximum atomic E-state index is 12.7. The van der Waals surface area contributed by atoms with Gasteiger partial charge in [-0.25, -0.2) is 0 Å². The van der Waals surface area contributed by atoms with Gasteiger partial charge in [0.25, 0.3) is 0 Å². The van der Waals surface area contributed by atoms with Crippen LogP contribution in [-0.4, -0.2) is 65.4 Å². The van der Waals surface area contributed by atoms with Crippen molar-refractivity contribution >= 4 is 61.3 Å². The third-order valence-electron chi connectivity index (χ3n) is 3.86. The van der Waals surface area contributed by atoms with E-state index in [1.165, 1.54) is 11.8 Å². The predicted octanol–water partition coefficient (Wildman–Crippen LogP) is 2.10. The van der Waals surface area contributed by atoms with Gasteiger partial charge in [-0.2, -0.15) is 0 Å². The molecule has 1 N–H and O–H groups in total. The molecule has 4 nitrogen and oxygen atoms in total. The van der Waals surface area contributed by atoms with Crippen molar-refractivity contribution < 1.29 is 14.7 Å². The average molecular weight is 343 g/mol. The van der Waals surface area contributed by atoms with Crippen molar-refractivity contribution in [2.75, 3.05) is 6.26 Å². The Morgan fingerprint density at radius 2 is 1.95 bits per heavy atom. The summed E-state index contributed by atoms with van der Waals surface area (Å²) in [5.41, 5.74) is 1.99. The first-order valence-electron chi connectivity index (χ1n) is 6.73. The van der Waals surface area contributed by atoms with Gasteiger partial charge in [0.2, 0.25) is 5.78 Å². The molecular weight excluding hydrogens is 326 g/mol. The number of carboxylic acid groups (broad SMARTS) is 1. The van der Waals surface area contributed by atoms with Gasteiger partial charge in [-0.15, -0.1) is 11.8 Å². The molecule has 0 amide bonds. The van der Waals surface area contributed by atoms with Gasteiger partial charge in [-0.3, -0.25) is 9.59 Å². The molecule has 2 aromatic rings. The van der Waals surface area contributed by atoms with Crippen LogP contribution in [-0.2, 0) is 11.3 Å². The Morgan fingerprint density at radius 1 is 1.27 bits per heavy atom. The monoisotopic (exact) mass is 343 g/mol. The Morgan fingerprint density at radius 3 is 2.55 bits per heavy atom. The van der Waals surface area contributed by atoms with Gasteiger partial charge in [-0.1, -0.05) is 30.3 Å². The zero-order valence-corrected chi connectivity index (χ0v) is 12.4. The second kappa shape index (κ2) is 7.21. The summed E-state index contributed by atoms with van der Waals surface area (Å²) in [4.78, 5) is 24.9. The van der Waals surface area contributed by atoms with Gasteiger partial charge in [-0.05, 0) is 18.7 Å². The van der Waals surface area contributed by atoms with Gasteiger partial charge >= 0.3 is 43.7 Å². The normalized spacial score (nSPS) is 16.0. The second-order valence-electron chi connectivity index (χ2n) is 5.01. The topological polar surface area (TPSA) is 59.3 Å². The van der Waals surface area contributed by atoms with Crippen molar-refractivity contribution in [3.05, 3.63) is 53.3 Å². The Labute approximate surface area is 162 Å². The number of rotatable bonds is 4. The van der Waals surface area contributed by atoms with E-state index < -0.39 is 11.9 Å². The molecule has 1 aliphatic rings. The fourth-order valence-corrected chi connectivity index (χ4v) is 3.48. The van der Waals surface area contributed by atoms with Crippen LogP contribution in [0.15, 0.2) is 41.3 Å². The minimum absolute atomic E-state index is 0. The van der Waals surface area contributed by atoms with Crippen LogP contribution in [0.5, 0.6) is 0 Å². The van der Waals surface area contributed by atoms with E-state index in [9.17, 15) is 14.7 Å². The molecule has 0 saturated heterocycles. The molecule has 1 aromatic carbocycles. The Balaban J connectivity index is 0.00000176. The van der Waals surface area contributed by atoms with E-state index in [0.717, 1.165) is 10.6 Å². The summed E-state index contributed by atoms with van der Waals surface area (Å²) in [7, 11) is 0. The summed E-state index contributed by atoms with van der Waals surface area (Å²) >= 11 is 1.48. The number of thioether (sulfide) groups is 1. The Kier molecular flexibility index (Phi) is 5.77. The third-order valence-corrected chi connectivity index (χ3v) is 4.61. The number of aliphatic carboxylic acids is 1. The molecule has 1 aromatic heterocycles. The summed E-state index contributed by atoms with van der Waals surface area (Å²) in [6.45, 7) is 0.584. The van der Waals surface area contributed by atoms with Crippen molar-refractivity contribution in [3.63, 3.8) is 0 Å². The molecule has 0 bridgehead atoms. The van der Waals surface area contributed by atoms with Crippen LogP contribution in [0.2, 0.25) is 0 Å². The number of carboxylic acids is 1. The molecule has 6 heteroatoms. The molecule has 1 aliphatic heterocycles. The van der Waals surface area contributed by atoms with E-state index >= 15 is 0 Å². The van der Waals surface area contributed by atoms with E-state index in [0.29, 0.717) is 24.2 Å². The summed E-state index contributed by atoms with van der Waals surface area (Å²) < 4.78 is 1.87. The molecule has 2 heterocycles. The van der Waals surface area contributed by atoms with Crippen LogP contribution in [0.1, 0.15) is 34.1 Å². The van der Waals surface area contributed by atoms with Crippen LogP contribution >= 0.6 is 11.8 Å². The molecule has 0 saturated carbocycles. The average Bonchev–Trinajstić information content (AvgIpc) is 3.05. The predicted molar refractivity (Wildman–Crippen MR) is 89.6 cm³/mol. The summed E-state index contributed by atoms with van der Waals surface area (Å²) in [6, 6.07) is 11.0. The first-order chi connectivity index (χ1) is 10.1. The zero-order chi connectivity index (χ0) is 15.0. The quantitative estimate of drug-likeness (QED) is 0.525. The van der Waals surface area contributed by atoms with Crippen molar-refractivity contribution in [3.8, 4) is 0 Å². The van der Waals surface area contributed by atoms with Crippen LogP contribution in [0.25, 0.3) is 0 Å². The number of ketones is 1. The Hall–Kier alpha value is -0.750. The number of aromatic nitrogens is 1. The number of hydrogen-bond donors (Lipinski definition) is 1. The first kappa shape index (κ1) is 17.6. The molecule has 1 unspecified atom stereocenters. The van der Waals surface area contributed by atoms with Crippen molar-refractivity contribution in [1.82, 2.24) is 4.57 Å². The van der Waals surface area contributed by atoms with Gasteiger partial charge in [0, 0.05) is 22.7 Å². The van der Waals surface area contributed by atoms with Crippen LogP contribution in [0, 0.1) is 0 Å². The third kappa shape index (κ3) is 3.00. The van der Waals surface area contributed by atoms with Gasteiger partial charge in [0.05, 0.1) is 5.92 Å². The number of benzene rings is 1. The summed E-state index contributed by atoms with van der Waals surface area (Å²) in [6.07, 6.45) is 2.46. The fraction of sp³-hybridized carbons (Fsp3) is 0.250. The second-order valence-corrected chi connectivity index (χ2v) is 5.86. The molecule has 0 radical (unpaired) electrons. The number of carbonyl (C=O) groups excluding carboxylic acids is 1. The molecule has 112 valence electrons. The van der Waals surface area contributed by atoms with E-state index in [2.05, 4.69) is 0 Å². The van der Waals surface area contributed by atoms with E-state index in [-0.39, 0.29) is 43.5 Å². The molecule has 0 spiro atoms. The first-order valence-corrected chi connectivity index (χ1v) is 7.96. The van der Waals surface area contributed by atoms with E-state index in [1.807, 2.05) is 35.1 Å². The fourth-order valence-electron chi connectivity index (χ4n) is 2.84. The van der Waals surface area contributed by atoms with Gasteiger partial charge in [0.1, 0.15) is 5.69 Å². The number of carbonyl (C=O) groups is 2. The van der Waals surface area contributed by atoms with Gasteiger partial charge < -0.3 is 9.67 Å². The summed E-state index contributed by atoms with van der Waals surface area (Å²) in [5.74, 6) is -1.37. The van der Waals surface area contributed by atoms with E-state index in [1.54, 1.807) is 12.1 Å².